The molecule has 1 unspecified atom stereocenters. The molecule has 2 aromatic carbocycles. The van der Waals surface area contributed by atoms with Gasteiger partial charge in [0.25, 0.3) is 0 Å². The number of ether oxygens (including phenoxy) is 1. The van der Waals surface area contributed by atoms with E-state index >= 15 is 0 Å². The summed E-state index contributed by atoms with van der Waals surface area (Å²) in [6.07, 6.45) is 1.52. The van der Waals surface area contributed by atoms with Crippen molar-refractivity contribution >= 4 is 10.9 Å². The predicted octanol–water partition coefficient (Wildman–Crippen LogP) is 4.89. The number of aryl methyl sites for hydroxylation is 1. The summed E-state index contributed by atoms with van der Waals surface area (Å²) in [5, 5.41) is 11.1. The van der Waals surface area contributed by atoms with Gasteiger partial charge >= 0.3 is 0 Å². The summed E-state index contributed by atoms with van der Waals surface area (Å²) in [5.74, 6) is 0.659. The van der Waals surface area contributed by atoms with Gasteiger partial charge in [0.05, 0.1) is 24.1 Å². The number of nitrogens with zero attached hydrogens (tertiary/aromatic N) is 3. The zero-order valence-corrected chi connectivity index (χ0v) is 18.0. The van der Waals surface area contributed by atoms with E-state index in [1.165, 1.54) is 11.1 Å². The second-order valence-corrected chi connectivity index (χ2v) is 8.10. The highest BCUT2D eigenvalue weighted by molar-refractivity contribution is 5.81. The standard InChI is InChI=1S/C25H29N3O/c1-6-20-13-21-10-11-22(14-23(21)27-24(20)29-5)25(2,17-26)15-18-8-7-9-19(12-18)16-28(3)4/h7-14H,6,15-16H2,1-5H3. The largest absolute Gasteiger partial charge is 0.481 e. The number of nitriles is 1. The van der Waals surface area contributed by atoms with Gasteiger partial charge in [0.2, 0.25) is 5.88 Å². The van der Waals surface area contributed by atoms with Crippen LogP contribution in [-0.2, 0) is 24.8 Å². The molecule has 3 rings (SSSR count). The second-order valence-electron chi connectivity index (χ2n) is 8.10. The minimum Gasteiger partial charge on any atom is -0.481 e. The van der Waals surface area contributed by atoms with Crippen molar-refractivity contribution < 1.29 is 4.74 Å². The topological polar surface area (TPSA) is 49.2 Å². The Morgan fingerprint density at radius 2 is 1.86 bits per heavy atom. The van der Waals surface area contributed by atoms with Gasteiger partial charge in [-0.2, -0.15) is 5.26 Å². The first-order valence-corrected chi connectivity index (χ1v) is 10.0. The number of rotatable bonds is 7. The van der Waals surface area contributed by atoms with Gasteiger partial charge in [-0.3, -0.25) is 0 Å². The quantitative estimate of drug-likeness (QED) is 0.579. The molecule has 0 saturated carbocycles. The normalized spacial score (nSPS) is 13.3. The summed E-state index contributed by atoms with van der Waals surface area (Å²) in [6.45, 7) is 4.98. The van der Waals surface area contributed by atoms with Crippen molar-refractivity contribution in [1.82, 2.24) is 9.88 Å². The fraction of sp³-hybridized carbons (Fsp3) is 0.360. The minimum absolute atomic E-state index is 0.636. The van der Waals surface area contributed by atoms with Crippen molar-refractivity contribution in [2.24, 2.45) is 0 Å². The van der Waals surface area contributed by atoms with Gasteiger partial charge in [-0.05, 0) is 62.7 Å². The molecule has 0 amide bonds. The molecular weight excluding hydrogens is 358 g/mol. The Labute approximate surface area is 173 Å². The average Bonchev–Trinajstić information content (AvgIpc) is 2.71. The van der Waals surface area contributed by atoms with Gasteiger partial charge in [0.15, 0.2) is 0 Å². The van der Waals surface area contributed by atoms with Crippen LogP contribution in [0.4, 0.5) is 0 Å². The van der Waals surface area contributed by atoms with Crippen molar-refractivity contribution in [1.29, 1.82) is 5.26 Å². The Balaban J connectivity index is 1.98. The molecule has 0 radical (unpaired) electrons. The van der Waals surface area contributed by atoms with Gasteiger partial charge < -0.3 is 9.64 Å². The molecule has 29 heavy (non-hydrogen) atoms. The van der Waals surface area contributed by atoms with Gasteiger partial charge in [0, 0.05) is 17.5 Å². The molecule has 4 heteroatoms. The van der Waals surface area contributed by atoms with Crippen LogP contribution in [0.3, 0.4) is 0 Å². The number of hydrogen-bond acceptors (Lipinski definition) is 4. The lowest BCUT2D eigenvalue weighted by molar-refractivity contribution is 0.394. The summed E-state index contributed by atoms with van der Waals surface area (Å²) in [6, 6.07) is 19.3. The van der Waals surface area contributed by atoms with Crippen LogP contribution in [0, 0.1) is 11.3 Å². The molecule has 3 aromatic rings. The summed E-state index contributed by atoms with van der Waals surface area (Å²) >= 11 is 0. The van der Waals surface area contributed by atoms with E-state index in [1.54, 1.807) is 7.11 Å². The summed E-state index contributed by atoms with van der Waals surface area (Å²) in [5.41, 5.74) is 4.71. The van der Waals surface area contributed by atoms with Crippen molar-refractivity contribution in [2.45, 2.75) is 38.6 Å². The molecule has 1 atom stereocenters. The van der Waals surface area contributed by atoms with Crippen LogP contribution in [-0.4, -0.2) is 31.1 Å². The second kappa shape index (κ2) is 8.63. The molecule has 0 aliphatic heterocycles. The lowest BCUT2D eigenvalue weighted by atomic mass is 9.78. The van der Waals surface area contributed by atoms with Crippen LogP contribution < -0.4 is 4.74 Å². The van der Waals surface area contributed by atoms with E-state index in [-0.39, 0.29) is 0 Å². The monoisotopic (exact) mass is 387 g/mol. The lowest BCUT2D eigenvalue weighted by Gasteiger charge is -2.23. The number of benzene rings is 2. The highest BCUT2D eigenvalue weighted by Crippen LogP contribution is 2.31. The SMILES string of the molecule is CCc1cc2ccc(C(C)(C#N)Cc3cccc(CN(C)C)c3)cc2nc1OC. The van der Waals surface area contributed by atoms with Crippen LogP contribution in [0.2, 0.25) is 0 Å². The molecule has 1 heterocycles. The Morgan fingerprint density at radius 1 is 1.10 bits per heavy atom. The van der Waals surface area contributed by atoms with Crippen LogP contribution in [0.25, 0.3) is 10.9 Å². The molecule has 0 spiro atoms. The van der Waals surface area contributed by atoms with E-state index in [0.717, 1.165) is 35.0 Å². The maximum Gasteiger partial charge on any atom is 0.216 e. The highest BCUT2D eigenvalue weighted by Gasteiger charge is 2.27. The van der Waals surface area contributed by atoms with E-state index in [1.807, 2.05) is 13.0 Å². The first-order chi connectivity index (χ1) is 13.9. The summed E-state index contributed by atoms with van der Waals surface area (Å²) in [4.78, 5) is 6.84. The van der Waals surface area contributed by atoms with E-state index in [2.05, 4.69) is 79.4 Å². The van der Waals surface area contributed by atoms with Crippen molar-refractivity contribution in [3.8, 4) is 11.9 Å². The van der Waals surface area contributed by atoms with E-state index in [0.29, 0.717) is 12.3 Å². The Hall–Kier alpha value is -2.90. The fourth-order valence-corrected chi connectivity index (χ4v) is 3.78. The number of hydrogen-bond donors (Lipinski definition) is 0. The van der Waals surface area contributed by atoms with E-state index in [9.17, 15) is 5.26 Å². The van der Waals surface area contributed by atoms with Crippen LogP contribution in [0.1, 0.15) is 36.1 Å². The molecule has 0 N–H and O–H groups in total. The summed E-state index contributed by atoms with van der Waals surface area (Å²) in [7, 11) is 5.77. The molecule has 0 aliphatic carbocycles. The Kier molecular flexibility index (Phi) is 6.20. The van der Waals surface area contributed by atoms with Crippen LogP contribution >= 0.6 is 0 Å². The minimum atomic E-state index is -0.636. The number of pyridine rings is 1. The third kappa shape index (κ3) is 4.58. The van der Waals surface area contributed by atoms with Gasteiger partial charge in [-0.1, -0.05) is 43.3 Å². The summed E-state index contributed by atoms with van der Waals surface area (Å²) < 4.78 is 5.46. The predicted molar refractivity (Wildman–Crippen MR) is 118 cm³/mol. The van der Waals surface area contributed by atoms with Gasteiger partial charge in [-0.25, -0.2) is 4.98 Å². The molecule has 4 nitrogen and oxygen atoms in total. The lowest BCUT2D eigenvalue weighted by Crippen LogP contribution is -2.23. The van der Waals surface area contributed by atoms with Crippen molar-refractivity contribution in [2.75, 3.05) is 21.2 Å². The first kappa shape index (κ1) is 20.8. The maximum atomic E-state index is 10.1. The molecular formula is C25H29N3O. The molecule has 1 aromatic heterocycles. The zero-order chi connectivity index (χ0) is 21.0. The Bertz CT molecular complexity index is 1050. The van der Waals surface area contributed by atoms with Crippen LogP contribution in [0.5, 0.6) is 5.88 Å². The molecule has 0 saturated heterocycles. The van der Waals surface area contributed by atoms with Crippen molar-refractivity contribution in [3.05, 3.63) is 70.8 Å². The third-order valence-corrected chi connectivity index (χ3v) is 5.36. The molecule has 0 aliphatic rings. The smallest absolute Gasteiger partial charge is 0.216 e. The zero-order valence-electron chi connectivity index (χ0n) is 18.0. The maximum absolute atomic E-state index is 10.1. The molecule has 0 fully saturated rings. The number of aromatic nitrogens is 1. The fourth-order valence-electron chi connectivity index (χ4n) is 3.78. The van der Waals surface area contributed by atoms with E-state index in [4.69, 9.17) is 4.74 Å². The van der Waals surface area contributed by atoms with E-state index < -0.39 is 5.41 Å². The van der Waals surface area contributed by atoms with Crippen molar-refractivity contribution in [3.63, 3.8) is 0 Å². The molecule has 150 valence electrons. The Morgan fingerprint density at radius 3 is 2.52 bits per heavy atom. The number of fused-ring (bicyclic) bond motifs is 1. The van der Waals surface area contributed by atoms with Gasteiger partial charge in [0.1, 0.15) is 0 Å². The van der Waals surface area contributed by atoms with Crippen LogP contribution in [0.15, 0.2) is 48.5 Å². The average molecular weight is 388 g/mol. The highest BCUT2D eigenvalue weighted by atomic mass is 16.5. The molecule has 0 bridgehead atoms. The van der Waals surface area contributed by atoms with Gasteiger partial charge in [-0.15, -0.1) is 0 Å². The number of methoxy groups -OCH3 is 1. The third-order valence-electron chi connectivity index (χ3n) is 5.36. The first-order valence-electron chi connectivity index (χ1n) is 10.0.